The molecule has 4 heteroatoms. The molecule has 1 heterocycles. The largest absolute Gasteiger partial charge is 0.337 e. The molecule has 0 aliphatic carbocycles. The molecular weight excluding hydrogens is 536 g/mol. The van der Waals surface area contributed by atoms with Crippen molar-refractivity contribution in [3.05, 3.63) is 175 Å². The fourth-order valence-electron chi connectivity index (χ4n) is 5.40. The van der Waals surface area contributed by atoms with Crippen molar-refractivity contribution in [1.29, 1.82) is 0 Å². The van der Waals surface area contributed by atoms with Crippen molar-refractivity contribution in [2.24, 2.45) is 0 Å². The number of benzene rings is 6. The Morgan fingerprint density at radius 1 is 0.364 bits per heavy atom. The number of aromatic nitrogens is 3. The minimum Gasteiger partial charge on any atom is -0.337 e. The summed E-state index contributed by atoms with van der Waals surface area (Å²) in [5, 5.41) is 0. The molecular formula is C40H30N4. The van der Waals surface area contributed by atoms with Crippen LogP contribution in [0.4, 0.5) is 11.4 Å². The van der Waals surface area contributed by atoms with Crippen LogP contribution in [0.2, 0.25) is 0 Å². The van der Waals surface area contributed by atoms with E-state index in [-0.39, 0.29) is 0 Å². The van der Waals surface area contributed by atoms with E-state index in [9.17, 15) is 0 Å². The topological polar surface area (TPSA) is 41.9 Å². The third-order valence-electron chi connectivity index (χ3n) is 7.62. The maximum Gasteiger partial charge on any atom is 0.164 e. The van der Waals surface area contributed by atoms with Gasteiger partial charge < -0.3 is 4.90 Å². The lowest BCUT2D eigenvalue weighted by Crippen LogP contribution is -2.17. The summed E-state index contributed by atoms with van der Waals surface area (Å²) in [5.41, 5.74) is 8.61. The zero-order chi connectivity index (χ0) is 29.6. The number of hydrogen-bond donors (Lipinski definition) is 0. The van der Waals surface area contributed by atoms with Crippen LogP contribution in [0.3, 0.4) is 0 Å². The van der Waals surface area contributed by atoms with Crippen LogP contribution in [0.1, 0.15) is 5.56 Å². The van der Waals surface area contributed by atoms with Crippen molar-refractivity contribution < 1.29 is 0 Å². The van der Waals surface area contributed by atoms with Gasteiger partial charge in [0.2, 0.25) is 0 Å². The van der Waals surface area contributed by atoms with Gasteiger partial charge in [0, 0.05) is 34.6 Å². The van der Waals surface area contributed by atoms with Crippen molar-refractivity contribution in [2.75, 3.05) is 4.90 Å². The van der Waals surface area contributed by atoms with E-state index >= 15 is 0 Å². The van der Waals surface area contributed by atoms with E-state index < -0.39 is 0 Å². The molecule has 0 atom stereocenters. The van der Waals surface area contributed by atoms with Crippen LogP contribution in [-0.2, 0) is 6.54 Å². The summed E-state index contributed by atoms with van der Waals surface area (Å²) in [6.45, 7) is 0.695. The highest BCUT2D eigenvalue weighted by Gasteiger charge is 2.17. The second-order valence-electron chi connectivity index (χ2n) is 10.5. The lowest BCUT2D eigenvalue weighted by Gasteiger charge is -2.26. The molecule has 0 amide bonds. The summed E-state index contributed by atoms with van der Waals surface area (Å²) >= 11 is 0. The molecule has 0 spiro atoms. The lowest BCUT2D eigenvalue weighted by atomic mass is 9.96. The molecule has 0 bridgehead atoms. The summed E-state index contributed by atoms with van der Waals surface area (Å²) in [6, 6.07) is 58.4. The Hall–Kier alpha value is -5.87. The van der Waals surface area contributed by atoms with Gasteiger partial charge in [-0.05, 0) is 47.0 Å². The van der Waals surface area contributed by atoms with Gasteiger partial charge in [0.15, 0.2) is 17.5 Å². The Labute approximate surface area is 258 Å². The molecule has 7 aromatic rings. The molecule has 0 aliphatic heterocycles. The Morgan fingerprint density at radius 3 is 1.20 bits per heavy atom. The van der Waals surface area contributed by atoms with Gasteiger partial charge in [-0.25, -0.2) is 15.0 Å². The molecule has 0 N–H and O–H groups in total. The highest BCUT2D eigenvalue weighted by molar-refractivity contribution is 5.76. The molecule has 0 unspecified atom stereocenters. The van der Waals surface area contributed by atoms with E-state index in [4.69, 9.17) is 15.0 Å². The third kappa shape index (κ3) is 5.87. The van der Waals surface area contributed by atoms with E-state index in [0.717, 1.165) is 39.2 Å². The number of anilines is 2. The quantitative estimate of drug-likeness (QED) is 0.184. The molecule has 0 saturated heterocycles. The van der Waals surface area contributed by atoms with Gasteiger partial charge in [-0.15, -0.1) is 0 Å². The van der Waals surface area contributed by atoms with Crippen molar-refractivity contribution in [3.63, 3.8) is 0 Å². The zero-order valence-electron chi connectivity index (χ0n) is 24.2. The molecule has 0 fully saturated rings. The monoisotopic (exact) mass is 566 g/mol. The van der Waals surface area contributed by atoms with E-state index in [1.54, 1.807) is 0 Å². The molecule has 44 heavy (non-hydrogen) atoms. The Kier molecular flexibility index (Phi) is 7.70. The highest BCUT2D eigenvalue weighted by Crippen LogP contribution is 2.34. The van der Waals surface area contributed by atoms with Crippen molar-refractivity contribution in [1.82, 2.24) is 15.0 Å². The van der Waals surface area contributed by atoms with Gasteiger partial charge in [-0.3, -0.25) is 0 Å². The fourth-order valence-corrected chi connectivity index (χ4v) is 5.40. The van der Waals surface area contributed by atoms with Crippen molar-refractivity contribution in [3.8, 4) is 45.3 Å². The molecule has 6 aromatic carbocycles. The van der Waals surface area contributed by atoms with E-state index in [1.807, 2.05) is 60.7 Å². The third-order valence-corrected chi connectivity index (χ3v) is 7.62. The summed E-state index contributed by atoms with van der Waals surface area (Å²) in [4.78, 5) is 17.2. The van der Waals surface area contributed by atoms with Gasteiger partial charge in [0.25, 0.3) is 0 Å². The first-order valence-corrected chi connectivity index (χ1v) is 14.8. The summed E-state index contributed by atoms with van der Waals surface area (Å²) < 4.78 is 0. The van der Waals surface area contributed by atoms with Crippen LogP contribution in [0, 0.1) is 0 Å². The maximum absolute atomic E-state index is 4.99. The van der Waals surface area contributed by atoms with Crippen LogP contribution >= 0.6 is 0 Å². The van der Waals surface area contributed by atoms with E-state index in [1.165, 1.54) is 5.56 Å². The van der Waals surface area contributed by atoms with Crippen LogP contribution in [-0.4, -0.2) is 15.0 Å². The minimum atomic E-state index is 0.643. The minimum absolute atomic E-state index is 0.643. The predicted octanol–water partition coefficient (Wildman–Crippen LogP) is 9.88. The van der Waals surface area contributed by atoms with Gasteiger partial charge in [-0.2, -0.15) is 0 Å². The number of hydrogen-bond acceptors (Lipinski definition) is 4. The molecule has 1 aromatic heterocycles. The summed E-state index contributed by atoms with van der Waals surface area (Å²) in [6.07, 6.45) is 0. The average Bonchev–Trinajstić information content (AvgIpc) is 3.12. The molecule has 0 aliphatic rings. The van der Waals surface area contributed by atoms with Gasteiger partial charge in [0.1, 0.15) is 0 Å². The molecule has 4 nitrogen and oxygen atoms in total. The van der Waals surface area contributed by atoms with E-state index in [0.29, 0.717) is 24.0 Å². The van der Waals surface area contributed by atoms with Crippen LogP contribution in [0.5, 0.6) is 0 Å². The first-order valence-electron chi connectivity index (χ1n) is 14.8. The zero-order valence-corrected chi connectivity index (χ0v) is 24.2. The Bertz CT molecular complexity index is 1860. The fraction of sp³-hybridized carbons (Fsp3) is 0.0250. The Balaban J connectivity index is 1.37. The van der Waals surface area contributed by atoms with Gasteiger partial charge >= 0.3 is 0 Å². The highest BCUT2D eigenvalue weighted by atomic mass is 15.1. The smallest absolute Gasteiger partial charge is 0.164 e. The summed E-state index contributed by atoms with van der Waals surface area (Å²) in [5.74, 6) is 1.95. The summed E-state index contributed by atoms with van der Waals surface area (Å²) in [7, 11) is 0. The van der Waals surface area contributed by atoms with Crippen molar-refractivity contribution >= 4 is 11.4 Å². The number of nitrogens with zero attached hydrogens (tertiary/aromatic N) is 4. The second kappa shape index (κ2) is 12.6. The maximum atomic E-state index is 4.99. The lowest BCUT2D eigenvalue weighted by molar-refractivity contribution is 0.977. The first kappa shape index (κ1) is 27.0. The van der Waals surface area contributed by atoms with Crippen LogP contribution < -0.4 is 4.90 Å². The Morgan fingerprint density at radius 2 is 0.750 bits per heavy atom. The molecule has 7 rings (SSSR count). The van der Waals surface area contributed by atoms with Crippen LogP contribution in [0.15, 0.2) is 170 Å². The van der Waals surface area contributed by atoms with Crippen molar-refractivity contribution in [2.45, 2.75) is 6.54 Å². The van der Waals surface area contributed by atoms with E-state index in [2.05, 4.69) is 114 Å². The standard InChI is InChI=1S/C40H30N4/c1-6-16-30(17-7-1)37-28-33(26-27-34(37)29-44(35-22-12-4-13-23-35)36-24-14-5-15-25-36)40-42-38(31-18-8-2-9-19-31)41-39(43-40)32-20-10-3-11-21-32/h1-28H,29H2. The second-order valence-corrected chi connectivity index (χ2v) is 10.5. The predicted molar refractivity (Wildman–Crippen MR) is 180 cm³/mol. The number of rotatable bonds is 8. The average molecular weight is 567 g/mol. The molecule has 0 radical (unpaired) electrons. The van der Waals surface area contributed by atoms with Gasteiger partial charge in [0.05, 0.1) is 0 Å². The molecule has 210 valence electrons. The first-order chi connectivity index (χ1) is 21.8. The van der Waals surface area contributed by atoms with Gasteiger partial charge in [-0.1, -0.05) is 140 Å². The number of para-hydroxylation sites is 2. The normalized spacial score (nSPS) is 10.8. The molecule has 0 saturated carbocycles. The SMILES string of the molecule is c1ccc(-c2nc(-c3ccccc3)nc(-c3ccc(CN(c4ccccc4)c4ccccc4)c(-c4ccccc4)c3)n2)cc1. The van der Waals surface area contributed by atoms with Crippen LogP contribution in [0.25, 0.3) is 45.3 Å².